The zero-order valence-electron chi connectivity index (χ0n) is 12.3. The molecule has 3 nitrogen and oxygen atoms in total. The fourth-order valence-corrected chi connectivity index (χ4v) is 1.84. The third-order valence-electron chi connectivity index (χ3n) is 3.72. The Morgan fingerprint density at radius 1 is 1.39 bits per heavy atom. The minimum absolute atomic E-state index is 0.228. The lowest BCUT2D eigenvalue weighted by Gasteiger charge is -2.21. The van der Waals surface area contributed by atoms with Gasteiger partial charge in [0.1, 0.15) is 11.5 Å². The Bertz CT molecular complexity index is 450. The average Bonchev–Trinajstić information content (AvgIpc) is 2.33. The summed E-state index contributed by atoms with van der Waals surface area (Å²) in [5.41, 5.74) is 2.51. The molecule has 0 unspecified atom stereocenters. The summed E-state index contributed by atoms with van der Waals surface area (Å²) < 4.78 is 5.36. The Morgan fingerprint density at radius 2 is 2.00 bits per heavy atom. The van der Waals surface area contributed by atoms with Gasteiger partial charge >= 0.3 is 0 Å². The van der Waals surface area contributed by atoms with E-state index in [1.54, 1.807) is 13.3 Å². The van der Waals surface area contributed by atoms with E-state index in [0.717, 1.165) is 29.0 Å². The van der Waals surface area contributed by atoms with E-state index in [0.29, 0.717) is 6.42 Å². The first kappa shape index (κ1) is 14.7. The van der Waals surface area contributed by atoms with Crippen molar-refractivity contribution >= 4 is 5.78 Å². The Morgan fingerprint density at radius 3 is 2.50 bits per heavy atom. The van der Waals surface area contributed by atoms with Crippen molar-refractivity contribution in [1.82, 2.24) is 4.98 Å². The monoisotopic (exact) mass is 249 g/mol. The summed E-state index contributed by atoms with van der Waals surface area (Å²) in [4.78, 5) is 16.6. The maximum Gasteiger partial charge on any atom is 0.144 e. The fraction of sp³-hybridized carbons (Fsp3) is 0.600. The number of Topliss-reactive ketones (excluding diaryl/α,β-unsaturated/α-hetero) is 1. The maximum atomic E-state index is 12.2. The summed E-state index contributed by atoms with van der Waals surface area (Å²) in [5.74, 6) is 1.06. The second-order valence-corrected chi connectivity index (χ2v) is 5.38. The number of methoxy groups -OCH3 is 1. The van der Waals surface area contributed by atoms with Gasteiger partial charge in [-0.25, -0.2) is 0 Å². The van der Waals surface area contributed by atoms with Crippen LogP contribution in [0.5, 0.6) is 5.75 Å². The number of carbonyl (C=O) groups excluding carboxylic acids is 1. The lowest BCUT2D eigenvalue weighted by molar-refractivity contribution is -0.126. The summed E-state index contributed by atoms with van der Waals surface area (Å²) in [5, 5.41) is 0. The SMILES string of the molecule is CCC(C)(C)C(=O)Cc1ncc(C)c(OC)c1C. The number of rotatable bonds is 5. The zero-order chi connectivity index (χ0) is 13.9. The highest BCUT2D eigenvalue weighted by molar-refractivity contribution is 5.86. The predicted octanol–water partition coefficient (Wildman–Crippen LogP) is 3.25. The molecule has 100 valence electrons. The van der Waals surface area contributed by atoms with Gasteiger partial charge in [-0.3, -0.25) is 9.78 Å². The average molecular weight is 249 g/mol. The largest absolute Gasteiger partial charge is 0.496 e. The molecule has 1 aromatic rings. The van der Waals surface area contributed by atoms with Crippen LogP contribution in [0, 0.1) is 19.3 Å². The van der Waals surface area contributed by atoms with Crippen LogP contribution in [0.25, 0.3) is 0 Å². The molecule has 0 aromatic carbocycles. The smallest absolute Gasteiger partial charge is 0.144 e. The van der Waals surface area contributed by atoms with Crippen molar-refractivity contribution < 1.29 is 9.53 Å². The van der Waals surface area contributed by atoms with Crippen LogP contribution in [0.4, 0.5) is 0 Å². The molecule has 0 bridgehead atoms. The van der Waals surface area contributed by atoms with E-state index in [1.807, 2.05) is 34.6 Å². The Labute approximate surface area is 110 Å². The fourth-order valence-electron chi connectivity index (χ4n) is 1.84. The number of ketones is 1. The van der Waals surface area contributed by atoms with Crippen LogP contribution in [0.3, 0.4) is 0 Å². The van der Waals surface area contributed by atoms with Gasteiger partial charge in [-0.15, -0.1) is 0 Å². The summed E-state index contributed by atoms with van der Waals surface area (Å²) in [6.07, 6.45) is 2.99. The van der Waals surface area contributed by atoms with Gasteiger partial charge in [-0.05, 0) is 20.3 Å². The van der Waals surface area contributed by atoms with Crippen LogP contribution >= 0.6 is 0 Å². The second kappa shape index (κ2) is 5.51. The molecule has 0 N–H and O–H groups in total. The summed E-state index contributed by atoms with van der Waals surface area (Å²) >= 11 is 0. The minimum Gasteiger partial charge on any atom is -0.496 e. The third-order valence-corrected chi connectivity index (χ3v) is 3.72. The van der Waals surface area contributed by atoms with Gasteiger partial charge in [0.05, 0.1) is 12.8 Å². The van der Waals surface area contributed by atoms with Gasteiger partial charge in [-0.1, -0.05) is 20.8 Å². The predicted molar refractivity (Wildman–Crippen MR) is 73.0 cm³/mol. The zero-order valence-corrected chi connectivity index (χ0v) is 12.3. The highest BCUT2D eigenvalue weighted by Gasteiger charge is 2.26. The summed E-state index contributed by atoms with van der Waals surface area (Å²) in [6.45, 7) is 9.92. The molecule has 0 radical (unpaired) electrons. The van der Waals surface area contributed by atoms with E-state index in [2.05, 4.69) is 4.98 Å². The molecule has 0 aliphatic heterocycles. The van der Waals surface area contributed by atoms with Gasteiger partial charge in [0.2, 0.25) is 0 Å². The minimum atomic E-state index is -0.285. The van der Waals surface area contributed by atoms with Gasteiger partial charge in [0.15, 0.2) is 0 Å². The third kappa shape index (κ3) is 2.89. The highest BCUT2D eigenvalue weighted by Crippen LogP contribution is 2.27. The second-order valence-electron chi connectivity index (χ2n) is 5.38. The molecule has 1 aromatic heterocycles. The number of pyridine rings is 1. The number of hydrogen-bond acceptors (Lipinski definition) is 3. The molecule has 0 aliphatic rings. The van der Waals surface area contributed by atoms with Crippen LogP contribution < -0.4 is 4.74 Å². The van der Waals surface area contributed by atoms with Crippen molar-refractivity contribution in [3.8, 4) is 5.75 Å². The maximum absolute atomic E-state index is 12.2. The lowest BCUT2D eigenvalue weighted by atomic mass is 9.83. The molecular formula is C15H23NO2. The standard InChI is InChI=1S/C15H23NO2/c1-7-15(4,5)13(17)8-12-11(3)14(18-6)10(2)9-16-12/h9H,7-8H2,1-6H3. The Kier molecular flexibility index (Phi) is 4.49. The highest BCUT2D eigenvalue weighted by atomic mass is 16.5. The molecule has 0 saturated heterocycles. The van der Waals surface area contributed by atoms with E-state index < -0.39 is 0 Å². The number of aromatic nitrogens is 1. The lowest BCUT2D eigenvalue weighted by Crippen LogP contribution is -2.25. The first-order valence-electron chi connectivity index (χ1n) is 6.35. The molecular weight excluding hydrogens is 226 g/mol. The van der Waals surface area contributed by atoms with E-state index in [-0.39, 0.29) is 11.2 Å². The van der Waals surface area contributed by atoms with E-state index in [9.17, 15) is 4.79 Å². The quantitative estimate of drug-likeness (QED) is 0.804. The molecule has 1 heterocycles. The summed E-state index contributed by atoms with van der Waals surface area (Å²) in [7, 11) is 1.65. The van der Waals surface area contributed by atoms with Gasteiger partial charge in [0.25, 0.3) is 0 Å². The summed E-state index contributed by atoms with van der Waals surface area (Å²) in [6, 6.07) is 0. The molecule has 18 heavy (non-hydrogen) atoms. The van der Waals surface area contributed by atoms with Crippen molar-refractivity contribution in [2.24, 2.45) is 5.41 Å². The number of hydrogen-bond donors (Lipinski definition) is 0. The molecule has 3 heteroatoms. The van der Waals surface area contributed by atoms with Gasteiger partial charge in [-0.2, -0.15) is 0 Å². The van der Waals surface area contributed by atoms with Crippen molar-refractivity contribution in [3.63, 3.8) is 0 Å². The van der Waals surface area contributed by atoms with Crippen LogP contribution in [0.1, 0.15) is 44.0 Å². The number of nitrogens with zero attached hydrogens (tertiary/aromatic N) is 1. The number of ether oxygens (including phenoxy) is 1. The van der Waals surface area contributed by atoms with Crippen LogP contribution in [-0.2, 0) is 11.2 Å². The Hall–Kier alpha value is -1.38. The van der Waals surface area contributed by atoms with E-state index >= 15 is 0 Å². The van der Waals surface area contributed by atoms with Crippen molar-refractivity contribution in [2.75, 3.05) is 7.11 Å². The number of carbonyl (C=O) groups is 1. The molecule has 0 spiro atoms. The topological polar surface area (TPSA) is 39.2 Å². The van der Waals surface area contributed by atoms with Crippen LogP contribution in [-0.4, -0.2) is 17.9 Å². The first-order chi connectivity index (χ1) is 8.33. The molecule has 0 amide bonds. The molecule has 0 atom stereocenters. The number of aryl methyl sites for hydroxylation is 1. The van der Waals surface area contributed by atoms with Crippen molar-refractivity contribution in [3.05, 3.63) is 23.0 Å². The van der Waals surface area contributed by atoms with Crippen molar-refractivity contribution in [1.29, 1.82) is 0 Å². The molecule has 1 rings (SSSR count). The first-order valence-corrected chi connectivity index (χ1v) is 6.35. The Balaban J connectivity index is 3.03. The van der Waals surface area contributed by atoms with Crippen LogP contribution in [0.15, 0.2) is 6.20 Å². The van der Waals surface area contributed by atoms with E-state index in [1.165, 1.54) is 0 Å². The molecule has 0 aliphatic carbocycles. The van der Waals surface area contributed by atoms with Crippen molar-refractivity contribution in [2.45, 2.75) is 47.5 Å². The van der Waals surface area contributed by atoms with Crippen LogP contribution in [0.2, 0.25) is 0 Å². The van der Waals surface area contributed by atoms with E-state index in [4.69, 9.17) is 4.74 Å². The molecule has 0 saturated carbocycles. The normalized spacial score (nSPS) is 11.4. The van der Waals surface area contributed by atoms with Gasteiger partial charge < -0.3 is 4.74 Å². The van der Waals surface area contributed by atoms with Gasteiger partial charge in [0, 0.05) is 29.2 Å². The molecule has 0 fully saturated rings.